The third kappa shape index (κ3) is 2.19. The fourth-order valence-electron chi connectivity index (χ4n) is 1.44. The van der Waals surface area contributed by atoms with Crippen molar-refractivity contribution in [2.24, 2.45) is 0 Å². The normalized spacial score (nSPS) is 10.1. The SMILES string of the molecule is CC(=O)N(C(=O)c1cnon1)c1ccc(N)cc1. The maximum atomic E-state index is 12.0. The third-order valence-electron chi connectivity index (χ3n) is 2.25. The van der Waals surface area contributed by atoms with Gasteiger partial charge in [0.15, 0.2) is 5.69 Å². The Bertz CT molecular complexity index is 562. The molecule has 0 saturated heterocycles. The summed E-state index contributed by atoms with van der Waals surface area (Å²) in [5.41, 5.74) is 6.45. The number of imide groups is 1. The summed E-state index contributed by atoms with van der Waals surface area (Å²) in [6, 6.07) is 6.34. The van der Waals surface area contributed by atoms with E-state index in [1.165, 1.54) is 6.92 Å². The van der Waals surface area contributed by atoms with E-state index in [0.29, 0.717) is 11.4 Å². The van der Waals surface area contributed by atoms with Crippen LogP contribution in [-0.2, 0) is 4.79 Å². The van der Waals surface area contributed by atoms with Crippen LogP contribution in [0.15, 0.2) is 35.1 Å². The lowest BCUT2D eigenvalue weighted by atomic mass is 10.2. The monoisotopic (exact) mass is 246 g/mol. The molecule has 0 aliphatic heterocycles. The standard InChI is InChI=1S/C11H10N4O3/c1-7(16)15(9-4-2-8(12)3-5-9)11(17)10-6-13-18-14-10/h2-6H,12H2,1H3. The molecular formula is C11H10N4O3. The number of aromatic nitrogens is 2. The molecule has 0 saturated carbocycles. The summed E-state index contributed by atoms with van der Waals surface area (Å²) in [6.07, 6.45) is 1.15. The quantitative estimate of drug-likeness (QED) is 0.788. The summed E-state index contributed by atoms with van der Waals surface area (Å²) in [5, 5.41) is 6.74. The van der Waals surface area contributed by atoms with Crippen LogP contribution in [0.3, 0.4) is 0 Å². The van der Waals surface area contributed by atoms with Crippen molar-refractivity contribution in [2.75, 3.05) is 10.6 Å². The Kier molecular flexibility index (Phi) is 3.05. The van der Waals surface area contributed by atoms with E-state index in [-0.39, 0.29) is 5.69 Å². The van der Waals surface area contributed by atoms with Crippen LogP contribution in [0.25, 0.3) is 0 Å². The number of amides is 2. The second kappa shape index (κ2) is 4.66. The van der Waals surface area contributed by atoms with Gasteiger partial charge in [-0.25, -0.2) is 9.53 Å². The average Bonchev–Trinajstić information content (AvgIpc) is 2.85. The van der Waals surface area contributed by atoms with Crippen molar-refractivity contribution in [3.8, 4) is 0 Å². The molecule has 2 N–H and O–H groups in total. The molecule has 7 heteroatoms. The van der Waals surface area contributed by atoms with E-state index >= 15 is 0 Å². The van der Waals surface area contributed by atoms with E-state index in [4.69, 9.17) is 5.73 Å². The zero-order valence-electron chi connectivity index (χ0n) is 9.53. The number of carbonyl (C=O) groups is 2. The molecule has 0 fully saturated rings. The fraction of sp³-hybridized carbons (Fsp3) is 0.0909. The lowest BCUT2D eigenvalue weighted by Gasteiger charge is -2.17. The third-order valence-corrected chi connectivity index (χ3v) is 2.25. The number of hydrogen-bond donors (Lipinski definition) is 1. The van der Waals surface area contributed by atoms with Gasteiger partial charge in [-0.3, -0.25) is 9.59 Å². The lowest BCUT2D eigenvalue weighted by Crippen LogP contribution is -2.35. The Hall–Kier alpha value is -2.70. The Morgan fingerprint density at radius 3 is 2.44 bits per heavy atom. The van der Waals surface area contributed by atoms with Crippen LogP contribution in [0.4, 0.5) is 11.4 Å². The molecule has 18 heavy (non-hydrogen) atoms. The Morgan fingerprint density at radius 1 is 1.28 bits per heavy atom. The van der Waals surface area contributed by atoms with Gasteiger partial charge in [0, 0.05) is 12.6 Å². The first-order chi connectivity index (χ1) is 8.59. The molecule has 0 spiro atoms. The molecule has 0 unspecified atom stereocenters. The lowest BCUT2D eigenvalue weighted by molar-refractivity contribution is -0.115. The van der Waals surface area contributed by atoms with Gasteiger partial charge in [0.05, 0.1) is 5.69 Å². The molecule has 1 aromatic heterocycles. The molecule has 92 valence electrons. The van der Waals surface area contributed by atoms with Gasteiger partial charge in [-0.15, -0.1) is 0 Å². The predicted octanol–water partition coefficient (Wildman–Crippen LogP) is 0.845. The number of nitrogen functional groups attached to an aromatic ring is 1. The summed E-state index contributed by atoms with van der Waals surface area (Å²) in [7, 11) is 0. The second-order valence-electron chi connectivity index (χ2n) is 3.54. The summed E-state index contributed by atoms with van der Waals surface area (Å²) >= 11 is 0. The molecule has 0 atom stereocenters. The van der Waals surface area contributed by atoms with Crippen molar-refractivity contribution in [2.45, 2.75) is 6.92 Å². The molecule has 0 aliphatic carbocycles. The Labute approximate surface area is 102 Å². The van der Waals surface area contributed by atoms with Crippen LogP contribution >= 0.6 is 0 Å². The minimum absolute atomic E-state index is 0.0398. The van der Waals surface area contributed by atoms with Gasteiger partial charge in [-0.05, 0) is 29.4 Å². The molecule has 0 aliphatic rings. The first-order valence-corrected chi connectivity index (χ1v) is 5.07. The molecule has 0 bridgehead atoms. The first-order valence-electron chi connectivity index (χ1n) is 5.07. The van der Waals surface area contributed by atoms with Gasteiger partial charge in [0.2, 0.25) is 5.91 Å². The minimum atomic E-state index is -0.603. The number of benzene rings is 1. The average molecular weight is 246 g/mol. The zero-order chi connectivity index (χ0) is 13.1. The van der Waals surface area contributed by atoms with Crippen LogP contribution in [0.1, 0.15) is 17.4 Å². The van der Waals surface area contributed by atoms with Gasteiger partial charge in [0.1, 0.15) is 6.20 Å². The van der Waals surface area contributed by atoms with Crippen LogP contribution < -0.4 is 10.6 Å². The van der Waals surface area contributed by atoms with Crippen molar-refractivity contribution in [1.29, 1.82) is 0 Å². The maximum Gasteiger partial charge on any atom is 0.288 e. The fourth-order valence-corrected chi connectivity index (χ4v) is 1.44. The summed E-state index contributed by atoms with van der Waals surface area (Å²) in [6.45, 7) is 1.28. The number of nitrogens with zero attached hydrogens (tertiary/aromatic N) is 3. The van der Waals surface area contributed by atoms with Crippen molar-refractivity contribution in [1.82, 2.24) is 10.3 Å². The van der Waals surface area contributed by atoms with Crippen LogP contribution in [0.5, 0.6) is 0 Å². The van der Waals surface area contributed by atoms with E-state index in [2.05, 4.69) is 14.9 Å². The highest BCUT2D eigenvalue weighted by atomic mass is 16.6. The molecular weight excluding hydrogens is 236 g/mol. The number of carbonyl (C=O) groups excluding carboxylic acids is 2. The van der Waals surface area contributed by atoms with E-state index in [1.807, 2.05) is 0 Å². The molecule has 2 rings (SSSR count). The van der Waals surface area contributed by atoms with Gasteiger partial charge >= 0.3 is 0 Å². The van der Waals surface area contributed by atoms with Crippen molar-refractivity contribution >= 4 is 23.2 Å². The van der Waals surface area contributed by atoms with Crippen LogP contribution in [0.2, 0.25) is 0 Å². The van der Waals surface area contributed by atoms with Gasteiger partial charge in [0.25, 0.3) is 5.91 Å². The highest BCUT2D eigenvalue weighted by Gasteiger charge is 2.24. The summed E-state index contributed by atoms with van der Waals surface area (Å²) < 4.78 is 4.34. The van der Waals surface area contributed by atoms with Gasteiger partial charge < -0.3 is 5.73 Å². The van der Waals surface area contributed by atoms with E-state index < -0.39 is 11.8 Å². The maximum absolute atomic E-state index is 12.0. The Balaban J connectivity index is 2.38. The smallest absolute Gasteiger partial charge is 0.288 e. The second-order valence-corrected chi connectivity index (χ2v) is 3.54. The highest BCUT2D eigenvalue weighted by molar-refractivity contribution is 6.19. The molecule has 2 amide bonds. The van der Waals surface area contributed by atoms with Gasteiger partial charge in [-0.1, -0.05) is 5.16 Å². The van der Waals surface area contributed by atoms with Crippen molar-refractivity contribution in [3.63, 3.8) is 0 Å². The summed E-state index contributed by atoms with van der Waals surface area (Å²) in [4.78, 5) is 24.6. The van der Waals surface area contributed by atoms with Crippen molar-refractivity contribution < 1.29 is 14.2 Å². The van der Waals surface area contributed by atoms with Crippen LogP contribution in [-0.4, -0.2) is 22.1 Å². The molecule has 7 nitrogen and oxygen atoms in total. The van der Waals surface area contributed by atoms with Crippen LogP contribution in [0, 0.1) is 0 Å². The first kappa shape index (κ1) is 11.8. The van der Waals surface area contributed by atoms with Crippen molar-refractivity contribution in [3.05, 3.63) is 36.2 Å². The predicted molar refractivity (Wildman–Crippen MR) is 62.6 cm³/mol. The number of nitrogens with two attached hydrogens (primary N) is 1. The number of hydrogen-bond acceptors (Lipinski definition) is 6. The molecule has 2 aromatic rings. The van der Waals surface area contributed by atoms with E-state index in [9.17, 15) is 9.59 Å². The zero-order valence-corrected chi connectivity index (χ0v) is 9.53. The Morgan fingerprint density at radius 2 is 1.94 bits per heavy atom. The topological polar surface area (TPSA) is 102 Å². The largest absolute Gasteiger partial charge is 0.399 e. The molecule has 1 aromatic carbocycles. The summed E-state index contributed by atoms with van der Waals surface area (Å²) in [5.74, 6) is -1.04. The molecule has 1 heterocycles. The van der Waals surface area contributed by atoms with E-state index in [0.717, 1.165) is 11.1 Å². The van der Waals surface area contributed by atoms with Gasteiger partial charge in [-0.2, -0.15) is 0 Å². The number of rotatable bonds is 2. The minimum Gasteiger partial charge on any atom is -0.399 e. The molecule has 0 radical (unpaired) electrons. The van der Waals surface area contributed by atoms with E-state index in [1.54, 1.807) is 24.3 Å². The number of anilines is 2. The highest BCUT2D eigenvalue weighted by Crippen LogP contribution is 2.18.